The minimum Gasteiger partial charge on any atom is -0.493 e. The molecule has 2 aromatic carbocycles. The van der Waals surface area contributed by atoms with Gasteiger partial charge in [0.2, 0.25) is 17.5 Å². The fourth-order valence-electron chi connectivity index (χ4n) is 3.30. The molecule has 0 unspecified atom stereocenters. The maximum atomic E-state index is 12.8. The third-order valence-corrected chi connectivity index (χ3v) is 5.44. The van der Waals surface area contributed by atoms with E-state index in [-0.39, 0.29) is 11.8 Å². The van der Waals surface area contributed by atoms with Crippen LogP contribution in [0.2, 0.25) is 0 Å². The molecule has 0 saturated carbocycles. The van der Waals surface area contributed by atoms with Crippen LogP contribution in [0.3, 0.4) is 0 Å². The number of carbonyl (C=O) groups is 1. The Morgan fingerprint density at radius 2 is 1.69 bits per heavy atom. The molecule has 1 N–H and O–H groups in total. The summed E-state index contributed by atoms with van der Waals surface area (Å²) in [5.74, 6) is 2.03. The number of amides is 1. The first-order chi connectivity index (χ1) is 15.4. The van der Waals surface area contributed by atoms with Crippen molar-refractivity contribution in [3.8, 4) is 28.6 Å². The van der Waals surface area contributed by atoms with Gasteiger partial charge in [-0.15, -0.1) is 0 Å². The van der Waals surface area contributed by atoms with Gasteiger partial charge in [0.25, 0.3) is 5.91 Å². The van der Waals surface area contributed by atoms with Gasteiger partial charge < -0.3 is 24.1 Å². The highest BCUT2D eigenvalue weighted by Crippen LogP contribution is 2.40. The summed E-state index contributed by atoms with van der Waals surface area (Å²) in [5.41, 5.74) is 2.31. The Hall–Kier alpha value is -3.55. The average Bonchev–Trinajstić information content (AvgIpc) is 3.31. The summed E-state index contributed by atoms with van der Waals surface area (Å²) >= 11 is 0. The average molecular weight is 440 g/mol. The third-order valence-electron chi connectivity index (χ3n) is 5.44. The van der Waals surface area contributed by atoms with Crippen molar-refractivity contribution in [2.24, 2.45) is 5.92 Å². The first-order valence-electron chi connectivity index (χ1n) is 10.4. The van der Waals surface area contributed by atoms with Crippen LogP contribution in [0.1, 0.15) is 48.1 Å². The van der Waals surface area contributed by atoms with Gasteiger partial charge in [0.05, 0.1) is 21.3 Å². The number of nitrogens with zero attached hydrogens (tertiary/aromatic N) is 2. The van der Waals surface area contributed by atoms with Crippen LogP contribution in [-0.4, -0.2) is 37.4 Å². The van der Waals surface area contributed by atoms with Gasteiger partial charge in [-0.05, 0) is 37.1 Å². The number of carbonyl (C=O) groups excluding carboxylic acids is 1. The Bertz CT molecular complexity index is 1040. The van der Waals surface area contributed by atoms with Gasteiger partial charge in [0.1, 0.15) is 6.04 Å². The topological polar surface area (TPSA) is 95.7 Å². The molecule has 0 radical (unpaired) electrons. The molecule has 0 aliphatic rings. The summed E-state index contributed by atoms with van der Waals surface area (Å²) in [7, 11) is 4.63. The van der Waals surface area contributed by atoms with E-state index in [0.717, 1.165) is 12.0 Å². The van der Waals surface area contributed by atoms with E-state index in [0.29, 0.717) is 40.1 Å². The summed E-state index contributed by atoms with van der Waals surface area (Å²) in [4.78, 5) is 17.4. The van der Waals surface area contributed by atoms with E-state index < -0.39 is 6.04 Å². The zero-order valence-electron chi connectivity index (χ0n) is 19.3. The number of rotatable bonds is 9. The van der Waals surface area contributed by atoms with Crippen molar-refractivity contribution in [3.63, 3.8) is 0 Å². The molecule has 3 aromatic rings. The van der Waals surface area contributed by atoms with Crippen LogP contribution in [0.15, 0.2) is 40.9 Å². The van der Waals surface area contributed by atoms with Crippen molar-refractivity contribution >= 4 is 5.91 Å². The van der Waals surface area contributed by atoms with E-state index in [2.05, 4.69) is 15.5 Å². The largest absolute Gasteiger partial charge is 0.493 e. The molecule has 32 heavy (non-hydrogen) atoms. The Kier molecular flexibility index (Phi) is 7.35. The first-order valence-corrected chi connectivity index (χ1v) is 10.4. The number of aromatic nitrogens is 2. The predicted octanol–water partition coefficient (Wildman–Crippen LogP) is 4.59. The molecule has 0 saturated heterocycles. The summed E-state index contributed by atoms with van der Waals surface area (Å²) in [6, 6.07) is 10.5. The number of nitrogens with one attached hydrogen (secondary N) is 1. The van der Waals surface area contributed by atoms with Crippen LogP contribution >= 0.6 is 0 Å². The Labute approximate surface area is 187 Å². The van der Waals surface area contributed by atoms with Crippen LogP contribution in [-0.2, 0) is 0 Å². The summed E-state index contributed by atoms with van der Waals surface area (Å²) in [6.07, 6.45) is 0.820. The number of ether oxygens (including phenoxy) is 3. The zero-order chi connectivity index (χ0) is 23.3. The van der Waals surface area contributed by atoms with E-state index >= 15 is 0 Å². The number of methoxy groups -OCH3 is 3. The monoisotopic (exact) mass is 439 g/mol. The van der Waals surface area contributed by atoms with E-state index in [9.17, 15) is 4.79 Å². The highest BCUT2D eigenvalue weighted by atomic mass is 16.5. The van der Waals surface area contributed by atoms with Gasteiger partial charge in [-0.2, -0.15) is 4.98 Å². The van der Waals surface area contributed by atoms with Crippen LogP contribution in [0, 0.1) is 12.8 Å². The van der Waals surface area contributed by atoms with Crippen molar-refractivity contribution in [2.45, 2.75) is 33.2 Å². The summed E-state index contributed by atoms with van der Waals surface area (Å²) < 4.78 is 21.8. The first kappa shape index (κ1) is 23.1. The molecule has 1 heterocycles. The second kappa shape index (κ2) is 10.2. The van der Waals surface area contributed by atoms with Crippen LogP contribution < -0.4 is 19.5 Å². The minimum atomic E-state index is -0.433. The van der Waals surface area contributed by atoms with E-state index in [4.69, 9.17) is 18.7 Å². The number of hydrogen-bond acceptors (Lipinski definition) is 7. The van der Waals surface area contributed by atoms with Gasteiger partial charge in [0, 0.05) is 11.1 Å². The van der Waals surface area contributed by atoms with Gasteiger partial charge >= 0.3 is 0 Å². The molecule has 3 rings (SSSR count). The quantitative estimate of drug-likeness (QED) is 0.521. The highest BCUT2D eigenvalue weighted by molar-refractivity contribution is 5.94. The molecule has 0 fully saturated rings. The standard InChI is InChI=1S/C24H29N3O5/c1-7-15(3)20(25-23(28)16-10-8-14(2)9-11-16)24-26-22(27-32-24)17-12-18(29-4)21(31-6)19(13-17)30-5/h8-13,15,20H,7H2,1-6H3,(H,25,28)/t15-,20+/m0/s1. The zero-order valence-corrected chi connectivity index (χ0v) is 19.3. The summed E-state index contributed by atoms with van der Waals surface area (Å²) in [6.45, 7) is 6.06. The normalized spacial score (nSPS) is 12.7. The van der Waals surface area contributed by atoms with Crippen LogP contribution in [0.25, 0.3) is 11.4 Å². The third kappa shape index (κ3) is 4.85. The van der Waals surface area contributed by atoms with Gasteiger partial charge in [0.15, 0.2) is 11.5 Å². The number of hydrogen-bond donors (Lipinski definition) is 1. The molecular weight excluding hydrogens is 410 g/mol. The van der Waals surface area contributed by atoms with Crippen molar-refractivity contribution in [3.05, 3.63) is 53.4 Å². The van der Waals surface area contributed by atoms with Crippen LogP contribution in [0.4, 0.5) is 0 Å². The fraction of sp³-hybridized carbons (Fsp3) is 0.375. The van der Waals surface area contributed by atoms with Crippen molar-refractivity contribution in [2.75, 3.05) is 21.3 Å². The maximum absolute atomic E-state index is 12.8. The molecule has 8 nitrogen and oxygen atoms in total. The highest BCUT2D eigenvalue weighted by Gasteiger charge is 2.27. The molecule has 0 aliphatic carbocycles. The maximum Gasteiger partial charge on any atom is 0.251 e. The Morgan fingerprint density at radius 1 is 1.06 bits per heavy atom. The smallest absolute Gasteiger partial charge is 0.251 e. The van der Waals surface area contributed by atoms with E-state index in [1.54, 1.807) is 45.6 Å². The molecule has 1 amide bonds. The van der Waals surface area contributed by atoms with Crippen molar-refractivity contribution in [1.29, 1.82) is 0 Å². The molecule has 1 aromatic heterocycles. The summed E-state index contributed by atoms with van der Waals surface area (Å²) in [5, 5.41) is 7.18. The van der Waals surface area contributed by atoms with Gasteiger partial charge in [-0.25, -0.2) is 0 Å². The minimum absolute atomic E-state index is 0.0811. The second-order valence-corrected chi connectivity index (χ2v) is 7.57. The van der Waals surface area contributed by atoms with Gasteiger partial charge in [-0.3, -0.25) is 4.79 Å². The lowest BCUT2D eigenvalue weighted by molar-refractivity contribution is 0.0910. The lowest BCUT2D eigenvalue weighted by Crippen LogP contribution is -2.32. The lowest BCUT2D eigenvalue weighted by atomic mass is 9.98. The van der Waals surface area contributed by atoms with E-state index in [1.165, 1.54) is 0 Å². The molecular formula is C24H29N3O5. The SMILES string of the molecule is CC[C@H](C)[C@@H](NC(=O)c1ccc(C)cc1)c1nc(-c2cc(OC)c(OC)c(OC)c2)no1. The molecule has 170 valence electrons. The van der Waals surface area contributed by atoms with Crippen molar-refractivity contribution in [1.82, 2.24) is 15.5 Å². The van der Waals surface area contributed by atoms with Gasteiger partial charge in [-0.1, -0.05) is 43.1 Å². The van der Waals surface area contributed by atoms with E-state index in [1.807, 2.05) is 32.9 Å². The molecule has 8 heteroatoms. The molecule has 2 atom stereocenters. The second-order valence-electron chi connectivity index (χ2n) is 7.57. The molecule has 0 spiro atoms. The molecule has 0 aliphatic heterocycles. The van der Waals surface area contributed by atoms with Crippen molar-refractivity contribution < 1.29 is 23.5 Å². The fourth-order valence-corrected chi connectivity index (χ4v) is 3.30. The van der Waals surface area contributed by atoms with Crippen LogP contribution in [0.5, 0.6) is 17.2 Å². The Balaban J connectivity index is 1.92. The predicted molar refractivity (Wildman–Crippen MR) is 120 cm³/mol. The Morgan fingerprint density at radius 3 is 2.22 bits per heavy atom. The number of aryl methyl sites for hydroxylation is 1. The lowest BCUT2D eigenvalue weighted by Gasteiger charge is -2.20. The number of benzene rings is 2. The molecule has 0 bridgehead atoms.